The van der Waals surface area contributed by atoms with Crippen LogP contribution in [0.15, 0.2) is 18.3 Å². The molecule has 0 unspecified atom stereocenters. The smallest absolute Gasteiger partial charge is 0.273 e. The molecule has 1 amide bonds. The van der Waals surface area contributed by atoms with E-state index in [0.717, 1.165) is 6.29 Å². The van der Waals surface area contributed by atoms with Crippen LogP contribution in [0.1, 0.15) is 6.42 Å². The zero-order valence-corrected chi connectivity index (χ0v) is 12.2. The monoisotopic (exact) mass is 321 g/mol. The molecule has 1 rings (SSSR count). The van der Waals surface area contributed by atoms with Gasteiger partial charge in [-0.1, -0.05) is 24.2 Å². The molecule has 1 aromatic rings. The highest BCUT2D eigenvalue weighted by molar-refractivity contribution is 7.96. The van der Waals surface area contributed by atoms with Gasteiger partial charge in [-0.3, -0.25) is 4.79 Å². The molecule has 19 heavy (non-hydrogen) atoms. The number of rotatable bonds is 4. The first-order chi connectivity index (χ1) is 8.95. The number of carbonyl (C=O) groups excluding carboxylic acids is 2. The molecule has 0 saturated heterocycles. The Labute approximate surface area is 126 Å². The third-order valence-corrected chi connectivity index (χ3v) is 1.87. The van der Waals surface area contributed by atoms with Gasteiger partial charge < -0.3 is 20.6 Å². The van der Waals surface area contributed by atoms with Crippen molar-refractivity contribution in [2.45, 2.75) is 6.42 Å². The number of primary amides is 1. The molecule has 0 radical (unpaired) electrons. The maximum atomic E-state index is 10.0. The molecule has 9 heteroatoms. The van der Waals surface area contributed by atoms with Crippen LogP contribution in [0.2, 0.25) is 5.02 Å². The van der Waals surface area contributed by atoms with E-state index in [1.807, 2.05) is 0 Å². The number of anilines is 1. The lowest BCUT2D eigenvalue weighted by Crippen LogP contribution is -2.14. The summed E-state index contributed by atoms with van der Waals surface area (Å²) in [6.07, 6.45) is 2.58. The maximum absolute atomic E-state index is 10.0. The van der Waals surface area contributed by atoms with E-state index in [2.05, 4.69) is 28.7 Å². The average molecular weight is 322 g/mol. The van der Waals surface area contributed by atoms with Gasteiger partial charge in [-0.25, -0.2) is 4.98 Å². The summed E-state index contributed by atoms with van der Waals surface area (Å²) in [5.41, 5.74) is 4.34. The molecule has 3 N–H and O–H groups in total. The summed E-state index contributed by atoms with van der Waals surface area (Å²) < 4.78 is 5.03. The van der Waals surface area contributed by atoms with Crippen molar-refractivity contribution in [3.63, 3.8) is 0 Å². The highest BCUT2D eigenvalue weighted by Gasteiger charge is 1.99. The number of hydrogen-bond donors (Lipinski definition) is 3. The molecule has 1 aromatic heterocycles. The fraction of sp³-hybridized carbons (Fsp3) is 0.200. The second-order valence-electron chi connectivity index (χ2n) is 2.92. The number of thiocarbonyl (C=S) groups is 1. The molecule has 1 heterocycles. The summed E-state index contributed by atoms with van der Waals surface area (Å²) in [6.45, 7) is 0.267. The van der Waals surface area contributed by atoms with Gasteiger partial charge in [0, 0.05) is 12.6 Å². The Bertz CT molecular complexity index is 425. The Morgan fingerprint density at radius 1 is 1.63 bits per heavy atom. The fourth-order valence-corrected chi connectivity index (χ4v) is 1.09. The number of ether oxygens (including phenoxy) is 1. The van der Waals surface area contributed by atoms with Crippen LogP contribution in [0, 0.1) is 0 Å². The van der Waals surface area contributed by atoms with E-state index in [0.29, 0.717) is 17.3 Å². The first kappa shape index (κ1) is 17.6. The van der Waals surface area contributed by atoms with Crippen LogP contribution in [-0.2, 0) is 9.53 Å². The van der Waals surface area contributed by atoms with E-state index in [4.69, 9.17) is 33.4 Å². The van der Waals surface area contributed by atoms with Crippen molar-refractivity contribution < 1.29 is 14.3 Å². The van der Waals surface area contributed by atoms with E-state index in [1.165, 1.54) is 6.20 Å². The number of hydrogen-bond acceptors (Lipinski definition) is 5. The van der Waals surface area contributed by atoms with Crippen LogP contribution in [0.5, 0.6) is 0 Å². The molecular weight excluding hydrogens is 310 g/mol. The van der Waals surface area contributed by atoms with Crippen molar-refractivity contribution >= 4 is 59.0 Å². The minimum absolute atomic E-state index is 0.187. The first-order valence-corrected chi connectivity index (χ1v) is 6.16. The zero-order chi connectivity index (χ0) is 14.7. The summed E-state index contributed by atoms with van der Waals surface area (Å²) in [7, 11) is 0. The molecule has 0 bridgehead atoms. The molecule has 0 spiro atoms. The van der Waals surface area contributed by atoms with Gasteiger partial charge in [0.05, 0.1) is 11.6 Å². The summed E-state index contributed by atoms with van der Waals surface area (Å²) >= 11 is 13.6. The summed E-state index contributed by atoms with van der Waals surface area (Å²) in [6, 6.07) is 3.36. The Morgan fingerprint density at radius 2 is 2.26 bits per heavy atom. The number of nitrogens with two attached hydrogens (primary N) is 1. The lowest BCUT2D eigenvalue weighted by molar-refractivity contribution is -0.108. The highest BCUT2D eigenvalue weighted by Crippen LogP contribution is 2.09. The Hall–Kier alpha value is -1.38. The highest BCUT2D eigenvalue weighted by atomic mass is 35.5. The summed E-state index contributed by atoms with van der Waals surface area (Å²) in [5, 5.41) is 2.85. The third kappa shape index (κ3) is 11.4. The van der Waals surface area contributed by atoms with Crippen molar-refractivity contribution in [2.75, 3.05) is 11.9 Å². The minimum Gasteiger partial charge on any atom is -0.470 e. The van der Waals surface area contributed by atoms with Gasteiger partial charge in [0.1, 0.15) is 12.1 Å². The van der Waals surface area contributed by atoms with E-state index in [1.54, 1.807) is 12.1 Å². The van der Waals surface area contributed by atoms with E-state index >= 15 is 0 Å². The lowest BCUT2D eigenvalue weighted by Gasteiger charge is -2.07. The predicted octanol–water partition coefficient (Wildman–Crippen LogP) is 2.03. The molecule has 0 atom stereocenters. The molecule has 6 nitrogen and oxygen atoms in total. The predicted molar refractivity (Wildman–Crippen MR) is 80.7 cm³/mol. The van der Waals surface area contributed by atoms with Gasteiger partial charge in [-0.2, -0.15) is 0 Å². The van der Waals surface area contributed by atoms with Crippen LogP contribution < -0.4 is 11.1 Å². The minimum atomic E-state index is -0.639. The van der Waals surface area contributed by atoms with Crippen molar-refractivity contribution in [1.82, 2.24) is 4.98 Å². The topological polar surface area (TPSA) is 94.3 Å². The molecule has 0 aliphatic heterocycles. The van der Waals surface area contributed by atoms with Crippen LogP contribution >= 0.6 is 36.4 Å². The Morgan fingerprint density at radius 3 is 2.74 bits per heavy atom. The maximum Gasteiger partial charge on any atom is 0.273 e. The summed E-state index contributed by atoms with van der Waals surface area (Å²) in [5.74, 6) is 0.551. The van der Waals surface area contributed by atoms with Crippen molar-refractivity contribution in [1.29, 1.82) is 0 Å². The van der Waals surface area contributed by atoms with Gasteiger partial charge in [-0.05, 0) is 24.4 Å². The largest absolute Gasteiger partial charge is 0.470 e. The van der Waals surface area contributed by atoms with Gasteiger partial charge in [0.25, 0.3) is 10.4 Å². The lowest BCUT2D eigenvalue weighted by atomic mass is 10.5. The normalized spacial score (nSPS) is 8.74. The molecule has 0 saturated carbocycles. The van der Waals surface area contributed by atoms with Crippen molar-refractivity contribution in [3.8, 4) is 0 Å². The standard InChI is InChI=1S/C9H9ClN2O2S.CH3NOS/c10-7-2-3-8(11-6-7)12-9(15)14-5-1-4-13;2-1(3)4/h2-4,6H,1,5H2,(H,11,12,15);(H3,2,3,4). The number of thiol groups is 1. The van der Waals surface area contributed by atoms with Crippen LogP contribution in [0.25, 0.3) is 0 Å². The van der Waals surface area contributed by atoms with Gasteiger partial charge in [0.2, 0.25) is 0 Å². The SMILES string of the molecule is NC(=O)S.O=CCCOC(=S)Nc1ccc(Cl)cn1. The quantitative estimate of drug-likeness (QED) is 0.340. The first-order valence-electron chi connectivity index (χ1n) is 4.93. The van der Waals surface area contributed by atoms with Gasteiger partial charge in [-0.15, -0.1) is 0 Å². The van der Waals surface area contributed by atoms with Crippen molar-refractivity contribution in [2.24, 2.45) is 5.73 Å². The molecule has 0 aliphatic rings. The van der Waals surface area contributed by atoms with E-state index in [-0.39, 0.29) is 11.8 Å². The molecule has 0 aliphatic carbocycles. The second-order valence-corrected chi connectivity index (χ2v) is 4.16. The number of amides is 1. The number of nitrogens with zero attached hydrogens (tertiary/aromatic N) is 1. The van der Waals surface area contributed by atoms with Crippen molar-refractivity contribution in [3.05, 3.63) is 23.4 Å². The number of aromatic nitrogens is 1. The average Bonchev–Trinajstić information content (AvgIpc) is 2.32. The molecule has 0 aromatic carbocycles. The van der Waals surface area contributed by atoms with Crippen LogP contribution in [0.3, 0.4) is 0 Å². The second kappa shape index (κ2) is 10.5. The molecule has 0 fully saturated rings. The van der Waals surface area contributed by atoms with E-state index < -0.39 is 5.24 Å². The number of halogens is 1. The Balaban J connectivity index is 0.000000711. The van der Waals surface area contributed by atoms with Crippen LogP contribution in [-0.4, -0.2) is 28.3 Å². The molecular formula is C10H12ClN3O3S2. The number of pyridine rings is 1. The number of aldehydes is 1. The zero-order valence-electron chi connectivity index (χ0n) is 9.71. The van der Waals surface area contributed by atoms with E-state index in [9.17, 15) is 4.79 Å². The molecule has 104 valence electrons. The Kier molecular flexibility index (Phi) is 9.77. The fourth-order valence-electron chi connectivity index (χ4n) is 0.790. The number of carbonyl (C=O) groups is 2. The summed E-state index contributed by atoms with van der Waals surface area (Å²) in [4.78, 5) is 23.1. The van der Waals surface area contributed by atoms with Gasteiger partial charge in [0.15, 0.2) is 0 Å². The third-order valence-electron chi connectivity index (χ3n) is 1.43. The number of nitrogens with one attached hydrogen (secondary N) is 1. The van der Waals surface area contributed by atoms with Crippen LogP contribution in [0.4, 0.5) is 10.6 Å². The van der Waals surface area contributed by atoms with Gasteiger partial charge >= 0.3 is 0 Å².